The Bertz CT molecular complexity index is 1310. The number of ether oxygens (including phenoxy) is 1. The van der Waals surface area contributed by atoms with E-state index in [2.05, 4.69) is 10.4 Å². The summed E-state index contributed by atoms with van der Waals surface area (Å²) in [5.41, 5.74) is 0.976. The summed E-state index contributed by atoms with van der Waals surface area (Å²) < 4.78 is 65.4. The number of hydrogen-bond acceptors (Lipinski definition) is 5. The zero-order valence-corrected chi connectivity index (χ0v) is 20.3. The Kier molecular flexibility index (Phi) is 6.47. The van der Waals surface area contributed by atoms with Gasteiger partial charge in [0, 0.05) is 49.6 Å². The molecule has 186 valence electrons. The number of rotatable bonds is 7. The molecule has 0 unspecified atom stereocenters. The zero-order valence-electron chi connectivity index (χ0n) is 19.5. The Balaban J connectivity index is 1.37. The van der Waals surface area contributed by atoms with Crippen LogP contribution in [-0.2, 0) is 40.4 Å². The fraction of sp³-hybridized carbons (Fsp3) is 0.400. The predicted molar refractivity (Wildman–Crippen MR) is 127 cm³/mol. The first kappa shape index (κ1) is 24.1. The van der Waals surface area contributed by atoms with Gasteiger partial charge in [0.25, 0.3) is 0 Å². The van der Waals surface area contributed by atoms with Gasteiger partial charge in [-0.2, -0.15) is 9.40 Å². The lowest BCUT2D eigenvalue weighted by atomic mass is 9.86. The summed E-state index contributed by atoms with van der Waals surface area (Å²) in [5, 5.41) is 6.74. The molecule has 0 spiro atoms. The first-order chi connectivity index (χ1) is 16.8. The summed E-state index contributed by atoms with van der Waals surface area (Å²) in [6.07, 6.45) is 4.72. The standard InChI is InChI=1S/C25H28F2N4O3S/c1-30-14-18(13-29-30)12-28-25(16-34-17-25)21-11-22(26)20(10-23(21)27)15-31-9-5-8-24(35(31,32)33)19-6-3-2-4-7-19/h2-4,6-7,10-11,13-14,24,28H,5,8-9,12,15-17H2,1H3/t24-/m1/s1. The lowest BCUT2D eigenvalue weighted by molar-refractivity contribution is -0.0813. The smallest absolute Gasteiger partial charge is 0.221 e. The van der Waals surface area contributed by atoms with Crippen molar-refractivity contribution in [2.24, 2.45) is 7.05 Å². The van der Waals surface area contributed by atoms with Gasteiger partial charge in [-0.3, -0.25) is 10.00 Å². The molecule has 0 aliphatic carbocycles. The second kappa shape index (κ2) is 9.42. The van der Waals surface area contributed by atoms with Crippen molar-refractivity contribution < 1.29 is 21.9 Å². The fourth-order valence-corrected chi connectivity index (χ4v) is 6.87. The highest BCUT2D eigenvalue weighted by Crippen LogP contribution is 2.37. The molecule has 7 nitrogen and oxygen atoms in total. The summed E-state index contributed by atoms with van der Waals surface area (Å²) in [5.74, 6) is -1.22. The average molecular weight is 503 g/mol. The highest BCUT2D eigenvalue weighted by atomic mass is 32.2. The fourth-order valence-electron chi connectivity index (χ4n) is 4.84. The van der Waals surface area contributed by atoms with Crippen LogP contribution >= 0.6 is 0 Å². The van der Waals surface area contributed by atoms with E-state index in [1.807, 2.05) is 19.3 Å². The minimum absolute atomic E-state index is 0.0196. The number of nitrogens with one attached hydrogen (secondary N) is 1. The first-order valence-corrected chi connectivity index (χ1v) is 13.1. The molecule has 1 N–H and O–H groups in total. The van der Waals surface area contributed by atoms with Crippen LogP contribution in [0.15, 0.2) is 54.9 Å². The molecule has 10 heteroatoms. The normalized spacial score (nSPS) is 21.5. The van der Waals surface area contributed by atoms with Gasteiger partial charge in [-0.25, -0.2) is 17.2 Å². The van der Waals surface area contributed by atoms with Crippen LogP contribution in [-0.4, -0.2) is 42.3 Å². The molecule has 3 aromatic rings. The van der Waals surface area contributed by atoms with E-state index in [1.54, 1.807) is 35.1 Å². The maximum Gasteiger partial charge on any atom is 0.221 e. The van der Waals surface area contributed by atoms with Crippen molar-refractivity contribution in [3.63, 3.8) is 0 Å². The van der Waals surface area contributed by atoms with Gasteiger partial charge in [0.15, 0.2) is 0 Å². The number of halogens is 2. The molecular weight excluding hydrogens is 474 g/mol. The molecule has 0 bridgehead atoms. The van der Waals surface area contributed by atoms with Crippen LogP contribution in [0.2, 0.25) is 0 Å². The van der Waals surface area contributed by atoms with Gasteiger partial charge in [0.1, 0.15) is 16.9 Å². The van der Waals surface area contributed by atoms with E-state index in [0.717, 1.165) is 11.6 Å². The lowest BCUT2D eigenvalue weighted by Crippen LogP contribution is -2.57. The molecule has 2 saturated heterocycles. The third-order valence-corrected chi connectivity index (χ3v) is 9.11. The van der Waals surface area contributed by atoms with E-state index in [0.29, 0.717) is 24.9 Å². The van der Waals surface area contributed by atoms with Crippen LogP contribution in [0.1, 0.15) is 40.3 Å². The molecule has 1 atom stereocenters. The van der Waals surface area contributed by atoms with E-state index in [9.17, 15) is 8.42 Å². The van der Waals surface area contributed by atoms with Crippen LogP contribution in [0.25, 0.3) is 0 Å². The van der Waals surface area contributed by atoms with Crippen molar-refractivity contribution in [3.05, 3.63) is 88.7 Å². The van der Waals surface area contributed by atoms with E-state index in [1.165, 1.54) is 10.4 Å². The van der Waals surface area contributed by atoms with Gasteiger partial charge in [-0.05, 0) is 30.5 Å². The quantitative estimate of drug-likeness (QED) is 0.536. The highest BCUT2D eigenvalue weighted by Gasteiger charge is 2.43. The Morgan fingerprint density at radius 2 is 1.94 bits per heavy atom. The van der Waals surface area contributed by atoms with Gasteiger partial charge in [-0.1, -0.05) is 30.3 Å². The number of aromatic nitrogens is 2. The van der Waals surface area contributed by atoms with Gasteiger partial charge < -0.3 is 4.74 Å². The Morgan fingerprint density at radius 3 is 2.60 bits per heavy atom. The molecule has 0 radical (unpaired) electrons. The summed E-state index contributed by atoms with van der Waals surface area (Å²) in [7, 11) is -1.90. The van der Waals surface area contributed by atoms with Crippen LogP contribution in [0.5, 0.6) is 0 Å². The van der Waals surface area contributed by atoms with Crippen LogP contribution in [0.4, 0.5) is 8.78 Å². The summed E-state index contributed by atoms with van der Waals surface area (Å²) >= 11 is 0. The topological polar surface area (TPSA) is 76.5 Å². The molecule has 0 saturated carbocycles. The van der Waals surface area contributed by atoms with E-state index >= 15 is 8.78 Å². The van der Waals surface area contributed by atoms with Gasteiger partial charge in [-0.15, -0.1) is 0 Å². The Labute approximate surface area is 203 Å². The largest absolute Gasteiger partial charge is 0.377 e. The summed E-state index contributed by atoms with van der Waals surface area (Å²) in [4.78, 5) is 0. The maximum absolute atomic E-state index is 15.3. The van der Waals surface area contributed by atoms with E-state index in [4.69, 9.17) is 4.74 Å². The SMILES string of the molecule is Cn1cc(CNC2(c3cc(F)c(CN4CCC[C@H](c5ccccc5)S4(=O)=O)cc3F)COC2)cn1. The average Bonchev–Trinajstić information content (AvgIpc) is 3.22. The monoisotopic (exact) mass is 502 g/mol. The van der Waals surface area contributed by atoms with Crippen LogP contribution in [0.3, 0.4) is 0 Å². The van der Waals surface area contributed by atoms with Crippen molar-refractivity contribution >= 4 is 10.0 Å². The van der Waals surface area contributed by atoms with Crippen molar-refractivity contribution in [3.8, 4) is 0 Å². The molecule has 2 aliphatic heterocycles. The van der Waals surface area contributed by atoms with Crippen LogP contribution in [0, 0.1) is 11.6 Å². The van der Waals surface area contributed by atoms with Gasteiger partial charge in [0.2, 0.25) is 10.0 Å². The first-order valence-electron chi connectivity index (χ1n) is 11.6. The number of sulfonamides is 1. The van der Waals surface area contributed by atoms with Gasteiger partial charge in [0.05, 0.1) is 24.9 Å². The molecule has 0 amide bonds. The molecular formula is C25H28F2N4O3S. The molecule has 3 heterocycles. The molecule has 1 aromatic heterocycles. The van der Waals surface area contributed by atoms with E-state index in [-0.39, 0.29) is 37.4 Å². The number of benzene rings is 2. The Morgan fingerprint density at radius 1 is 1.17 bits per heavy atom. The molecule has 5 rings (SSSR count). The maximum atomic E-state index is 15.3. The second-order valence-corrected chi connectivity index (χ2v) is 11.4. The minimum Gasteiger partial charge on any atom is -0.377 e. The molecule has 2 aliphatic rings. The van der Waals surface area contributed by atoms with Crippen LogP contribution < -0.4 is 5.32 Å². The van der Waals surface area contributed by atoms with E-state index < -0.39 is 32.4 Å². The molecule has 2 fully saturated rings. The number of hydrogen-bond donors (Lipinski definition) is 1. The summed E-state index contributed by atoms with van der Waals surface area (Å²) in [6, 6.07) is 11.3. The molecule has 2 aromatic carbocycles. The lowest BCUT2D eigenvalue weighted by Gasteiger charge is -2.43. The summed E-state index contributed by atoms with van der Waals surface area (Å²) in [6.45, 7) is 0.914. The van der Waals surface area contributed by atoms with Crippen molar-refractivity contribution in [2.75, 3.05) is 19.8 Å². The van der Waals surface area contributed by atoms with Crippen molar-refractivity contribution in [2.45, 2.75) is 36.7 Å². The highest BCUT2D eigenvalue weighted by molar-refractivity contribution is 7.89. The zero-order chi connectivity index (χ0) is 24.6. The van der Waals surface area contributed by atoms with Crippen molar-refractivity contribution in [1.29, 1.82) is 0 Å². The second-order valence-electron chi connectivity index (χ2n) is 9.29. The minimum atomic E-state index is -3.71. The van der Waals surface area contributed by atoms with Crippen molar-refractivity contribution in [1.82, 2.24) is 19.4 Å². The predicted octanol–water partition coefficient (Wildman–Crippen LogP) is 3.38. The molecule has 35 heavy (non-hydrogen) atoms. The third-order valence-electron chi connectivity index (χ3n) is 6.85. The number of aryl methyl sites for hydroxylation is 1. The van der Waals surface area contributed by atoms with Gasteiger partial charge >= 0.3 is 0 Å². The number of nitrogens with zero attached hydrogens (tertiary/aromatic N) is 3. The Hall–Kier alpha value is -2.66. The third kappa shape index (κ3) is 4.63.